The minimum Gasteiger partial charge on any atom is -0.489 e. The molecule has 1 saturated heterocycles. The Hall–Kier alpha value is -2.48. The van der Waals surface area contributed by atoms with Crippen molar-refractivity contribution in [1.82, 2.24) is 4.90 Å². The molecule has 0 saturated carbocycles. The quantitative estimate of drug-likeness (QED) is 0.382. The highest BCUT2D eigenvalue weighted by molar-refractivity contribution is 8.18. The number of nitrogens with zero attached hydrogens (tertiary/aromatic N) is 1. The van der Waals surface area contributed by atoms with Gasteiger partial charge in [0.1, 0.15) is 18.4 Å². The molecule has 0 bridgehead atoms. The van der Waals surface area contributed by atoms with Crippen molar-refractivity contribution in [3.05, 3.63) is 68.5 Å². The predicted molar refractivity (Wildman–Crippen MR) is 121 cm³/mol. The third kappa shape index (κ3) is 5.61. The molecule has 0 unspecified atom stereocenters. The van der Waals surface area contributed by atoms with Gasteiger partial charge in [0, 0.05) is 15.6 Å². The number of carbonyl (C=O) groups excluding carboxylic acids is 3. The van der Waals surface area contributed by atoms with Gasteiger partial charge < -0.3 is 9.47 Å². The number of esters is 1. The molecule has 1 aliphatic rings. The zero-order valence-corrected chi connectivity index (χ0v) is 19.1. The number of rotatable bonds is 7. The number of ether oxygens (including phenoxy) is 2. The van der Waals surface area contributed by atoms with Crippen LogP contribution in [-0.4, -0.2) is 34.7 Å². The van der Waals surface area contributed by atoms with Crippen molar-refractivity contribution < 1.29 is 23.9 Å². The van der Waals surface area contributed by atoms with E-state index in [1.165, 1.54) is 6.92 Å². The van der Waals surface area contributed by atoms with E-state index in [4.69, 9.17) is 32.7 Å². The summed E-state index contributed by atoms with van der Waals surface area (Å²) in [6, 6.07) is 11.2. The van der Waals surface area contributed by atoms with Gasteiger partial charge in [-0.3, -0.25) is 14.5 Å². The Morgan fingerprint density at radius 1 is 1.16 bits per heavy atom. The third-order valence-electron chi connectivity index (χ3n) is 4.43. The Labute approximate surface area is 194 Å². The van der Waals surface area contributed by atoms with E-state index in [1.54, 1.807) is 55.5 Å². The Morgan fingerprint density at radius 3 is 2.52 bits per heavy atom. The minimum atomic E-state index is -0.978. The largest absolute Gasteiger partial charge is 0.489 e. The van der Waals surface area contributed by atoms with Gasteiger partial charge in [0.15, 0.2) is 0 Å². The molecule has 9 heteroatoms. The molecule has 0 aliphatic carbocycles. The summed E-state index contributed by atoms with van der Waals surface area (Å²) in [5.41, 5.74) is 1.52. The molecular weight excluding hydrogens is 461 g/mol. The molecule has 6 nitrogen and oxygen atoms in total. The second kappa shape index (κ2) is 10.2. The second-order valence-electron chi connectivity index (χ2n) is 6.57. The number of thioether (sulfide) groups is 1. The minimum absolute atomic E-state index is 0.174. The summed E-state index contributed by atoms with van der Waals surface area (Å²) >= 11 is 12.8. The van der Waals surface area contributed by atoms with Crippen molar-refractivity contribution in [2.75, 3.05) is 6.61 Å². The van der Waals surface area contributed by atoms with Crippen LogP contribution in [0.2, 0.25) is 10.0 Å². The van der Waals surface area contributed by atoms with Crippen LogP contribution in [0.1, 0.15) is 25.0 Å². The second-order valence-corrected chi connectivity index (χ2v) is 8.41. The molecule has 0 spiro atoms. The maximum absolute atomic E-state index is 12.6. The lowest BCUT2D eigenvalue weighted by molar-refractivity contribution is -0.150. The summed E-state index contributed by atoms with van der Waals surface area (Å²) in [6.07, 6.45) is 1.60. The average molecular weight is 480 g/mol. The summed E-state index contributed by atoms with van der Waals surface area (Å²) in [7, 11) is 0. The van der Waals surface area contributed by atoms with Gasteiger partial charge in [0.05, 0.1) is 11.5 Å². The fourth-order valence-electron chi connectivity index (χ4n) is 2.79. The number of imide groups is 1. The topological polar surface area (TPSA) is 72.9 Å². The Balaban J connectivity index is 1.66. The Morgan fingerprint density at radius 2 is 1.87 bits per heavy atom. The highest BCUT2D eigenvalue weighted by atomic mass is 35.5. The maximum Gasteiger partial charge on any atom is 0.329 e. The van der Waals surface area contributed by atoms with E-state index in [0.717, 1.165) is 22.2 Å². The van der Waals surface area contributed by atoms with E-state index in [2.05, 4.69) is 0 Å². The van der Waals surface area contributed by atoms with Gasteiger partial charge in [-0.25, -0.2) is 4.79 Å². The van der Waals surface area contributed by atoms with Crippen LogP contribution in [0.4, 0.5) is 4.79 Å². The van der Waals surface area contributed by atoms with Crippen molar-refractivity contribution in [3.63, 3.8) is 0 Å². The van der Waals surface area contributed by atoms with Gasteiger partial charge in [-0.1, -0.05) is 41.4 Å². The van der Waals surface area contributed by atoms with Crippen LogP contribution in [0, 0.1) is 0 Å². The van der Waals surface area contributed by atoms with Crippen molar-refractivity contribution in [3.8, 4) is 5.75 Å². The zero-order valence-electron chi connectivity index (χ0n) is 16.8. The first-order valence-corrected chi connectivity index (χ1v) is 11.0. The van der Waals surface area contributed by atoms with Gasteiger partial charge in [0.25, 0.3) is 11.1 Å². The molecular formula is C22H19Cl2NO5S. The number of benzene rings is 2. The molecule has 0 radical (unpaired) electrons. The molecule has 3 rings (SSSR count). The van der Waals surface area contributed by atoms with Crippen LogP contribution in [0.3, 0.4) is 0 Å². The van der Waals surface area contributed by atoms with Crippen LogP contribution < -0.4 is 4.74 Å². The number of carbonyl (C=O) groups is 3. The molecule has 2 aromatic carbocycles. The summed E-state index contributed by atoms with van der Waals surface area (Å²) < 4.78 is 10.6. The van der Waals surface area contributed by atoms with Crippen molar-refractivity contribution in [2.24, 2.45) is 0 Å². The molecule has 1 atom stereocenters. The van der Waals surface area contributed by atoms with Crippen molar-refractivity contribution in [1.29, 1.82) is 0 Å². The molecule has 2 aromatic rings. The standard InChI is InChI=1S/C22H19Cl2NO5S/c1-3-29-21(27)13(2)25-20(26)19(31-22(25)28)10-14-4-8-17(9-5-14)30-12-15-6-7-16(23)11-18(15)24/h4-11,13H,3,12H2,1-2H3/b19-10+/t13-/m1/s1. The Kier molecular flexibility index (Phi) is 7.64. The van der Waals surface area contributed by atoms with E-state index in [1.807, 2.05) is 0 Å². The van der Waals surface area contributed by atoms with Crippen LogP contribution in [0.15, 0.2) is 47.4 Å². The monoisotopic (exact) mass is 479 g/mol. The fourth-order valence-corrected chi connectivity index (χ4v) is 4.16. The van der Waals surface area contributed by atoms with Crippen LogP contribution in [0.5, 0.6) is 5.75 Å². The Bertz CT molecular complexity index is 1040. The van der Waals surface area contributed by atoms with Gasteiger partial charge in [-0.2, -0.15) is 0 Å². The molecule has 0 N–H and O–H groups in total. The first kappa shape index (κ1) is 23.2. The lowest BCUT2D eigenvalue weighted by Gasteiger charge is -2.19. The SMILES string of the molecule is CCOC(=O)[C@@H](C)N1C(=O)S/C(=C/c2ccc(OCc3ccc(Cl)cc3Cl)cc2)C1=O. The van der Waals surface area contributed by atoms with Crippen LogP contribution in [-0.2, 0) is 20.9 Å². The molecule has 1 heterocycles. The van der Waals surface area contributed by atoms with E-state index >= 15 is 0 Å². The molecule has 1 aliphatic heterocycles. The predicted octanol–water partition coefficient (Wildman–Crippen LogP) is 5.56. The zero-order chi connectivity index (χ0) is 22.5. The summed E-state index contributed by atoms with van der Waals surface area (Å²) in [5.74, 6) is -0.520. The van der Waals surface area contributed by atoms with E-state index in [-0.39, 0.29) is 18.1 Å². The summed E-state index contributed by atoms with van der Waals surface area (Å²) in [6.45, 7) is 3.58. The normalized spacial score (nSPS) is 16.0. The number of hydrogen-bond acceptors (Lipinski definition) is 6. The van der Waals surface area contributed by atoms with Crippen LogP contribution in [0.25, 0.3) is 6.08 Å². The maximum atomic E-state index is 12.6. The van der Waals surface area contributed by atoms with Gasteiger partial charge >= 0.3 is 5.97 Å². The number of halogens is 2. The molecule has 162 valence electrons. The molecule has 31 heavy (non-hydrogen) atoms. The van der Waals surface area contributed by atoms with E-state index in [9.17, 15) is 14.4 Å². The van der Waals surface area contributed by atoms with Crippen LogP contribution >= 0.6 is 35.0 Å². The molecule has 1 fully saturated rings. The van der Waals surface area contributed by atoms with Crippen molar-refractivity contribution in [2.45, 2.75) is 26.5 Å². The lowest BCUT2D eigenvalue weighted by atomic mass is 10.2. The highest BCUT2D eigenvalue weighted by Crippen LogP contribution is 2.34. The van der Waals surface area contributed by atoms with Gasteiger partial charge in [-0.05, 0) is 61.5 Å². The summed E-state index contributed by atoms with van der Waals surface area (Å²) in [5, 5.41) is 0.577. The van der Waals surface area contributed by atoms with Gasteiger partial charge in [0.2, 0.25) is 0 Å². The molecule has 0 aromatic heterocycles. The van der Waals surface area contributed by atoms with Crippen molar-refractivity contribution >= 4 is 58.2 Å². The average Bonchev–Trinajstić information content (AvgIpc) is 3.01. The van der Waals surface area contributed by atoms with E-state index < -0.39 is 23.2 Å². The number of amides is 2. The van der Waals surface area contributed by atoms with Gasteiger partial charge in [-0.15, -0.1) is 0 Å². The smallest absolute Gasteiger partial charge is 0.329 e. The third-order valence-corrected chi connectivity index (χ3v) is 5.90. The lowest BCUT2D eigenvalue weighted by Crippen LogP contribution is -2.42. The highest BCUT2D eigenvalue weighted by Gasteiger charge is 2.41. The summed E-state index contributed by atoms with van der Waals surface area (Å²) in [4.78, 5) is 37.9. The first-order chi connectivity index (χ1) is 14.8. The first-order valence-electron chi connectivity index (χ1n) is 9.40. The fraction of sp³-hybridized carbons (Fsp3) is 0.227. The number of hydrogen-bond donors (Lipinski definition) is 0. The molecule has 2 amide bonds. The van der Waals surface area contributed by atoms with E-state index in [0.29, 0.717) is 21.4 Å².